The Hall–Kier alpha value is -3.28. The lowest BCUT2D eigenvalue weighted by atomic mass is 9.97. The maximum absolute atomic E-state index is 12.9. The van der Waals surface area contributed by atoms with Crippen LogP contribution in [0, 0.1) is 6.92 Å². The van der Waals surface area contributed by atoms with E-state index in [9.17, 15) is 9.59 Å². The van der Waals surface area contributed by atoms with Crippen LogP contribution in [0.5, 0.6) is 0 Å². The second-order valence-electron chi connectivity index (χ2n) is 6.79. The molecule has 0 spiro atoms. The second kappa shape index (κ2) is 8.61. The van der Waals surface area contributed by atoms with Crippen LogP contribution in [0.2, 0.25) is 0 Å². The SMILES string of the molecule is CC[C@@H](CNC(=O)Nc1c(C)n(C)n(-c2ccccc2)c1=O)c1ccccc1. The highest BCUT2D eigenvalue weighted by Crippen LogP contribution is 2.18. The zero-order chi connectivity index (χ0) is 20.1. The molecule has 1 heterocycles. The Morgan fingerprint density at radius 2 is 1.64 bits per heavy atom. The van der Waals surface area contributed by atoms with Gasteiger partial charge in [0, 0.05) is 19.5 Å². The van der Waals surface area contributed by atoms with Gasteiger partial charge in [-0.3, -0.25) is 9.48 Å². The molecule has 2 amide bonds. The first kappa shape index (κ1) is 19.5. The van der Waals surface area contributed by atoms with Crippen molar-refractivity contribution in [2.24, 2.45) is 7.05 Å². The molecular formula is C22H26N4O2. The zero-order valence-electron chi connectivity index (χ0n) is 16.5. The van der Waals surface area contributed by atoms with Gasteiger partial charge in [0.25, 0.3) is 5.56 Å². The number of nitrogens with zero attached hydrogens (tertiary/aromatic N) is 2. The van der Waals surface area contributed by atoms with Crippen LogP contribution < -0.4 is 16.2 Å². The number of rotatable bonds is 6. The van der Waals surface area contributed by atoms with E-state index < -0.39 is 0 Å². The summed E-state index contributed by atoms with van der Waals surface area (Å²) in [5.41, 5.74) is 2.67. The van der Waals surface area contributed by atoms with E-state index in [4.69, 9.17) is 0 Å². The molecule has 6 nitrogen and oxygen atoms in total. The van der Waals surface area contributed by atoms with Crippen molar-refractivity contribution in [1.82, 2.24) is 14.7 Å². The molecule has 3 aromatic rings. The van der Waals surface area contributed by atoms with E-state index in [2.05, 4.69) is 29.7 Å². The minimum Gasteiger partial charge on any atom is -0.337 e. The molecule has 0 bridgehead atoms. The summed E-state index contributed by atoms with van der Waals surface area (Å²) in [6.07, 6.45) is 0.912. The van der Waals surface area contributed by atoms with E-state index in [1.807, 2.05) is 55.5 Å². The molecule has 2 N–H and O–H groups in total. The van der Waals surface area contributed by atoms with E-state index in [1.54, 1.807) is 16.4 Å². The minimum atomic E-state index is -0.375. The van der Waals surface area contributed by atoms with Crippen LogP contribution in [0.1, 0.15) is 30.5 Å². The first-order chi connectivity index (χ1) is 13.5. The average Bonchev–Trinajstić information content (AvgIpc) is 2.93. The van der Waals surface area contributed by atoms with Crippen LogP contribution in [0.3, 0.4) is 0 Å². The number of hydrogen-bond acceptors (Lipinski definition) is 2. The van der Waals surface area contributed by atoms with E-state index in [0.29, 0.717) is 12.2 Å². The van der Waals surface area contributed by atoms with Gasteiger partial charge in [-0.2, -0.15) is 0 Å². The highest BCUT2D eigenvalue weighted by atomic mass is 16.2. The lowest BCUT2D eigenvalue weighted by Crippen LogP contribution is -2.34. The van der Waals surface area contributed by atoms with Gasteiger partial charge in [0.05, 0.1) is 11.4 Å². The monoisotopic (exact) mass is 378 g/mol. The van der Waals surface area contributed by atoms with Crippen LogP contribution in [0.15, 0.2) is 65.5 Å². The summed E-state index contributed by atoms with van der Waals surface area (Å²) >= 11 is 0. The molecule has 28 heavy (non-hydrogen) atoms. The molecule has 0 fully saturated rings. The van der Waals surface area contributed by atoms with E-state index in [1.165, 1.54) is 5.56 Å². The van der Waals surface area contributed by atoms with Crippen molar-refractivity contribution in [2.45, 2.75) is 26.2 Å². The normalized spacial score (nSPS) is 11.8. The number of carbonyl (C=O) groups excluding carboxylic acids is 1. The molecule has 0 saturated carbocycles. The fraction of sp³-hybridized carbons (Fsp3) is 0.273. The number of aromatic nitrogens is 2. The van der Waals surface area contributed by atoms with Crippen LogP contribution in [0.4, 0.5) is 10.5 Å². The van der Waals surface area contributed by atoms with Crippen LogP contribution in [-0.4, -0.2) is 21.9 Å². The van der Waals surface area contributed by atoms with Gasteiger partial charge in [-0.25, -0.2) is 9.48 Å². The Balaban J connectivity index is 1.73. The molecule has 1 aromatic heterocycles. The Morgan fingerprint density at radius 1 is 1.04 bits per heavy atom. The number of urea groups is 1. The molecule has 3 rings (SSSR count). The summed E-state index contributed by atoms with van der Waals surface area (Å²) in [6, 6.07) is 19.1. The van der Waals surface area contributed by atoms with Crippen molar-refractivity contribution in [3.63, 3.8) is 0 Å². The Bertz CT molecular complexity index is 991. The van der Waals surface area contributed by atoms with Crippen LogP contribution in [0.25, 0.3) is 5.69 Å². The highest BCUT2D eigenvalue weighted by molar-refractivity contribution is 5.89. The molecule has 0 aliphatic heterocycles. The number of hydrogen-bond donors (Lipinski definition) is 2. The maximum Gasteiger partial charge on any atom is 0.319 e. The standard InChI is InChI=1S/C22H26N4O2/c1-4-17(18-11-7-5-8-12-18)15-23-22(28)24-20-16(2)25(3)26(21(20)27)19-13-9-6-10-14-19/h5-14,17H,4,15H2,1-3H3,(H2,23,24,28)/t17-/m0/s1. The summed E-state index contributed by atoms with van der Waals surface area (Å²) in [5, 5.41) is 5.63. The van der Waals surface area contributed by atoms with E-state index in [0.717, 1.165) is 12.1 Å². The smallest absolute Gasteiger partial charge is 0.319 e. The quantitative estimate of drug-likeness (QED) is 0.685. The third-order valence-electron chi connectivity index (χ3n) is 5.07. The van der Waals surface area contributed by atoms with Crippen molar-refractivity contribution in [2.75, 3.05) is 11.9 Å². The number of anilines is 1. The van der Waals surface area contributed by atoms with Crippen molar-refractivity contribution < 1.29 is 4.79 Å². The summed E-state index contributed by atoms with van der Waals surface area (Å²) in [7, 11) is 1.80. The molecule has 0 aliphatic carbocycles. The van der Waals surface area contributed by atoms with Gasteiger partial charge in [0.15, 0.2) is 0 Å². The van der Waals surface area contributed by atoms with E-state index in [-0.39, 0.29) is 23.2 Å². The van der Waals surface area contributed by atoms with Gasteiger partial charge in [-0.05, 0) is 31.0 Å². The first-order valence-corrected chi connectivity index (χ1v) is 9.46. The molecule has 0 saturated heterocycles. The number of benzene rings is 2. The summed E-state index contributed by atoms with van der Waals surface area (Å²) in [4.78, 5) is 25.3. The third-order valence-corrected chi connectivity index (χ3v) is 5.07. The van der Waals surface area contributed by atoms with Gasteiger partial charge in [-0.1, -0.05) is 55.5 Å². The van der Waals surface area contributed by atoms with Gasteiger partial charge >= 0.3 is 6.03 Å². The van der Waals surface area contributed by atoms with E-state index >= 15 is 0 Å². The fourth-order valence-electron chi connectivity index (χ4n) is 3.31. The number of carbonyl (C=O) groups is 1. The lowest BCUT2D eigenvalue weighted by Gasteiger charge is -2.16. The molecule has 0 radical (unpaired) electrons. The molecule has 1 atom stereocenters. The van der Waals surface area contributed by atoms with Gasteiger partial charge in [-0.15, -0.1) is 0 Å². The predicted molar refractivity (Wildman–Crippen MR) is 112 cm³/mol. The van der Waals surface area contributed by atoms with Crippen molar-refractivity contribution in [1.29, 1.82) is 0 Å². The Kier molecular flexibility index (Phi) is 5.99. The predicted octanol–water partition coefficient (Wildman–Crippen LogP) is 3.80. The molecule has 0 unspecified atom stereocenters. The Labute approximate surface area is 164 Å². The van der Waals surface area contributed by atoms with Crippen molar-refractivity contribution in [3.8, 4) is 5.69 Å². The highest BCUT2D eigenvalue weighted by Gasteiger charge is 2.18. The largest absolute Gasteiger partial charge is 0.337 e. The molecule has 0 aliphatic rings. The third kappa shape index (κ3) is 4.01. The van der Waals surface area contributed by atoms with Gasteiger partial charge in [0.1, 0.15) is 5.69 Å². The maximum atomic E-state index is 12.9. The zero-order valence-corrected chi connectivity index (χ0v) is 16.5. The van der Waals surface area contributed by atoms with Crippen molar-refractivity contribution in [3.05, 3.63) is 82.3 Å². The number of para-hydroxylation sites is 1. The summed E-state index contributed by atoms with van der Waals surface area (Å²) < 4.78 is 3.29. The van der Waals surface area contributed by atoms with Crippen LogP contribution in [-0.2, 0) is 7.05 Å². The molecule has 146 valence electrons. The first-order valence-electron chi connectivity index (χ1n) is 9.46. The summed E-state index contributed by atoms with van der Waals surface area (Å²) in [6.45, 7) is 4.41. The second-order valence-corrected chi connectivity index (χ2v) is 6.79. The van der Waals surface area contributed by atoms with Crippen LogP contribution >= 0.6 is 0 Å². The van der Waals surface area contributed by atoms with Crippen molar-refractivity contribution >= 4 is 11.7 Å². The molecular weight excluding hydrogens is 352 g/mol. The molecule has 6 heteroatoms. The minimum absolute atomic E-state index is 0.227. The topological polar surface area (TPSA) is 68.1 Å². The van der Waals surface area contributed by atoms with Gasteiger partial charge < -0.3 is 10.6 Å². The lowest BCUT2D eigenvalue weighted by molar-refractivity contribution is 0.251. The number of amides is 2. The fourth-order valence-corrected chi connectivity index (χ4v) is 3.31. The Morgan fingerprint density at radius 3 is 2.25 bits per heavy atom. The molecule has 2 aromatic carbocycles. The summed E-state index contributed by atoms with van der Waals surface area (Å²) in [5.74, 6) is 0.227. The van der Waals surface area contributed by atoms with Gasteiger partial charge in [0.2, 0.25) is 0 Å². The average molecular weight is 378 g/mol. The number of nitrogens with one attached hydrogen (secondary N) is 2.